The number of imide groups is 1. The summed E-state index contributed by atoms with van der Waals surface area (Å²) in [4.78, 5) is 33.5. The van der Waals surface area contributed by atoms with E-state index in [1.165, 1.54) is 6.08 Å². The Morgan fingerprint density at radius 1 is 1.57 bits per heavy atom. The maximum absolute atomic E-state index is 11.2. The van der Waals surface area contributed by atoms with E-state index in [4.69, 9.17) is 5.11 Å². The van der Waals surface area contributed by atoms with Crippen molar-refractivity contribution in [3.05, 3.63) is 12.2 Å². The number of amides is 2. The van der Waals surface area contributed by atoms with Crippen LogP contribution < -0.4 is 0 Å². The van der Waals surface area contributed by atoms with Gasteiger partial charge in [-0.1, -0.05) is 17.8 Å². The van der Waals surface area contributed by atoms with Gasteiger partial charge in [0.25, 0.3) is 5.24 Å². The van der Waals surface area contributed by atoms with Crippen molar-refractivity contribution in [2.45, 2.75) is 6.42 Å². The Morgan fingerprint density at radius 2 is 2.29 bits per heavy atom. The second-order valence-electron chi connectivity index (χ2n) is 2.61. The Labute approximate surface area is 84.8 Å². The van der Waals surface area contributed by atoms with Gasteiger partial charge in [-0.3, -0.25) is 14.5 Å². The van der Waals surface area contributed by atoms with Crippen molar-refractivity contribution in [3.8, 4) is 0 Å². The number of carboxylic acid groups (broad SMARTS) is 1. The molecular weight excluding hydrogens is 206 g/mol. The average molecular weight is 215 g/mol. The summed E-state index contributed by atoms with van der Waals surface area (Å²) in [7, 11) is 0. The van der Waals surface area contributed by atoms with Gasteiger partial charge < -0.3 is 5.11 Å². The quantitative estimate of drug-likeness (QED) is 0.702. The van der Waals surface area contributed by atoms with E-state index in [0.29, 0.717) is 12.2 Å². The number of carboxylic acids is 1. The van der Waals surface area contributed by atoms with Crippen LogP contribution in [0.25, 0.3) is 0 Å². The smallest absolute Gasteiger partial charge is 0.328 e. The molecule has 1 saturated heterocycles. The summed E-state index contributed by atoms with van der Waals surface area (Å²) in [5, 5.41) is 7.99. The molecule has 0 radical (unpaired) electrons. The van der Waals surface area contributed by atoms with Crippen molar-refractivity contribution in [2.24, 2.45) is 0 Å². The maximum Gasteiger partial charge on any atom is 0.328 e. The number of thioether (sulfide) groups is 1. The number of nitrogens with zero attached hydrogens (tertiary/aromatic N) is 1. The van der Waals surface area contributed by atoms with Crippen molar-refractivity contribution in [1.82, 2.24) is 4.90 Å². The van der Waals surface area contributed by atoms with Crippen molar-refractivity contribution in [3.63, 3.8) is 0 Å². The standard InChI is InChI=1S/C8H9NO4S/c10-6-3-5-14-8(13)9(6)4-1-2-7(11)12/h1-2H,3-5H2,(H,11,12)/b2-1+. The first kappa shape index (κ1) is 10.8. The molecule has 14 heavy (non-hydrogen) atoms. The summed E-state index contributed by atoms with van der Waals surface area (Å²) in [6.45, 7) is 0.0387. The molecule has 0 aromatic heterocycles. The molecule has 6 heteroatoms. The van der Waals surface area contributed by atoms with Gasteiger partial charge in [-0.05, 0) is 0 Å². The fraction of sp³-hybridized carbons (Fsp3) is 0.375. The van der Waals surface area contributed by atoms with Crippen molar-refractivity contribution >= 4 is 28.9 Å². The van der Waals surface area contributed by atoms with Crippen LogP contribution >= 0.6 is 11.8 Å². The van der Waals surface area contributed by atoms with Gasteiger partial charge >= 0.3 is 5.97 Å². The van der Waals surface area contributed by atoms with Crippen molar-refractivity contribution < 1.29 is 19.5 Å². The predicted molar refractivity (Wildman–Crippen MR) is 51.0 cm³/mol. The molecule has 1 fully saturated rings. The Hall–Kier alpha value is -1.30. The molecule has 0 unspecified atom stereocenters. The zero-order valence-electron chi connectivity index (χ0n) is 7.30. The van der Waals surface area contributed by atoms with Crippen LogP contribution in [0.1, 0.15) is 6.42 Å². The zero-order valence-corrected chi connectivity index (χ0v) is 8.12. The first-order chi connectivity index (χ1) is 6.61. The Morgan fingerprint density at radius 3 is 2.86 bits per heavy atom. The predicted octanol–water partition coefficient (Wildman–Crippen LogP) is 0.713. The number of rotatable bonds is 3. The van der Waals surface area contributed by atoms with Crippen LogP contribution in [0.2, 0.25) is 0 Å². The third-order valence-electron chi connectivity index (χ3n) is 1.61. The fourth-order valence-corrected chi connectivity index (χ4v) is 1.76. The van der Waals surface area contributed by atoms with E-state index in [9.17, 15) is 14.4 Å². The van der Waals surface area contributed by atoms with E-state index in [1.54, 1.807) is 0 Å². The third kappa shape index (κ3) is 2.88. The van der Waals surface area contributed by atoms with Gasteiger partial charge in [0.2, 0.25) is 5.91 Å². The summed E-state index contributed by atoms with van der Waals surface area (Å²) < 4.78 is 0. The second-order valence-corrected chi connectivity index (χ2v) is 3.66. The number of hydrogen-bond acceptors (Lipinski definition) is 4. The molecule has 0 saturated carbocycles. The summed E-state index contributed by atoms with van der Waals surface area (Å²) in [5.74, 6) is -0.824. The normalized spacial score (nSPS) is 17.9. The van der Waals surface area contributed by atoms with E-state index in [-0.39, 0.29) is 17.7 Å². The highest BCUT2D eigenvalue weighted by Crippen LogP contribution is 2.17. The van der Waals surface area contributed by atoms with Crippen LogP contribution in [0.5, 0.6) is 0 Å². The molecule has 0 aromatic carbocycles. The number of hydrogen-bond donors (Lipinski definition) is 1. The summed E-state index contributed by atoms with van der Waals surface area (Å²) in [6.07, 6.45) is 2.53. The molecule has 1 aliphatic rings. The number of aliphatic carboxylic acids is 1. The average Bonchev–Trinajstić information content (AvgIpc) is 2.09. The van der Waals surface area contributed by atoms with Crippen molar-refractivity contribution in [2.75, 3.05) is 12.3 Å². The number of carbonyl (C=O) groups is 3. The molecule has 1 N–H and O–H groups in total. The van der Waals surface area contributed by atoms with Crippen LogP contribution in [0.3, 0.4) is 0 Å². The highest BCUT2D eigenvalue weighted by atomic mass is 32.2. The molecule has 0 aromatic rings. The van der Waals surface area contributed by atoms with E-state index >= 15 is 0 Å². The maximum atomic E-state index is 11.2. The van der Waals surface area contributed by atoms with Gasteiger partial charge in [0.15, 0.2) is 0 Å². The molecule has 5 nitrogen and oxygen atoms in total. The first-order valence-electron chi connectivity index (χ1n) is 3.98. The van der Waals surface area contributed by atoms with E-state index in [1.807, 2.05) is 0 Å². The van der Waals surface area contributed by atoms with Crippen LogP contribution in [-0.4, -0.2) is 39.4 Å². The molecule has 1 rings (SSSR count). The lowest BCUT2D eigenvalue weighted by molar-refractivity contribution is -0.131. The molecule has 76 valence electrons. The molecule has 0 spiro atoms. The second kappa shape index (κ2) is 4.80. The molecular formula is C8H9NO4S. The largest absolute Gasteiger partial charge is 0.478 e. The summed E-state index contributed by atoms with van der Waals surface area (Å²) in [6, 6.07) is 0. The summed E-state index contributed by atoms with van der Waals surface area (Å²) in [5.41, 5.74) is 0. The Kier molecular flexibility index (Phi) is 3.70. The highest BCUT2D eigenvalue weighted by molar-refractivity contribution is 8.13. The van der Waals surface area contributed by atoms with E-state index < -0.39 is 5.97 Å². The Bertz CT molecular complexity index is 284. The first-order valence-corrected chi connectivity index (χ1v) is 4.96. The summed E-state index contributed by atoms with van der Waals surface area (Å²) >= 11 is 1.07. The molecule has 0 aliphatic carbocycles. The zero-order chi connectivity index (χ0) is 10.6. The minimum Gasteiger partial charge on any atom is -0.478 e. The van der Waals surface area contributed by atoms with Crippen molar-refractivity contribution in [1.29, 1.82) is 0 Å². The molecule has 0 atom stereocenters. The van der Waals surface area contributed by atoms with E-state index in [0.717, 1.165) is 22.7 Å². The fourth-order valence-electron chi connectivity index (χ4n) is 0.976. The lowest BCUT2D eigenvalue weighted by atomic mass is 10.4. The SMILES string of the molecule is O=C(O)/C=C/CN1C(=O)CCSC1=O. The monoisotopic (exact) mass is 215 g/mol. The third-order valence-corrected chi connectivity index (χ3v) is 2.49. The van der Waals surface area contributed by atoms with Gasteiger partial charge in [-0.15, -0.1) is 0 Å². The van der Waals surface area contributed by atoms with Gasteiger partial charge in [0, 0.05) is 24.8 Å². The lowest BCUT2D eigenvalue weighted by Gasteiger charge is -2.22. The Balaban J connectivity index is 2.52. The van der Waals surface area contributed by atoms with Gasteiger partial charge in [-0.25, -0.2) is 4.79 Å². The molecule has 0 bridgehead atoms. The molecule has 2 amide bonds. The van der Waals surface area contributed by atoms with Crippen LogP contribution in [0, 0.1) is 0 Å². The van der Waals surface area contributed by atoms with Crippen LogP contribution in [0.15, 0.2) is 12.2 Å². The van der Waals surface area contributed by atoms with Crippen LogP contribution in [-0.2, 0) is 9.59 Å². The topological polar surface area (TPSA) is 74.7 Å². The lowest BCUT2D eigenvalue weighted by Crippen LogP contribution is -2.38. The van der Waals surface area contributed by atoms with E-state index in [2.05, 4.69) is 0 Å². The minimum atomic E-state index is -1.09. The van der Waals surface area contributed by atoms with Crippen LogP contribution in [0.4, 0.5) is 4.79 Å². The molecule has 1 heterocycles. The van der Waals surface area contributed by atoms with Gasteiger partial charge in [0.1, 0.15) is 0 Å². The number of carbonyl (C=O) groups excluding carboxylic acids is 2. The minimum absolute atomic E-state index is 0.0387. The molecule has 1 aliphatic heterocycles. The van der Waals surface area contributed by atoms with Gasteiger partial charge in [0.05, 0.1) is 0 Å². The van der Waals surface area contributed by atoms with Gasteiger partial charge in [-0.2, -0.15) is 0 Å². The highest BCUT2D eigenvalue weighted by Gasteiger charge is 2.25.